The Morgan fingerprint density at radius 1 is 1.20 bits per heavy atom. The Hall–Kier alpha value is -0.480. The molecular formula is C15H11BrCl2OS. The van der Waals surface area contributed by atoms with Crippen LogP contribution in [0.3, 0.4) is 0 Å². The van der Waals surface area contributed by atoms with Crippen LogP contribution in [0, 0.1) is 0 Å². The molecule has 0 amide bonds. The summed E-state index contributed by atoms with van der Waals surface area (Å²) in [5.74, 6) is -0.00702. The van der Waals surface area contributed by atoms with Gasteiger partial charge in [0, 0.05) is 20.0 Å². The summed E-state index contributed by atoms with van der Waals surface area (Å²) in [4.78, 5) is 13.5. The van der Waals surface area contributed by atoms with Crippen molar-refractivity contribution < 1.29 is 4.79 Å². The third-order valence-corrected chi connectivity index (χ3v) is 5.39. The molecule has 0 aliphatic carbocycles. The minimum absolute atomic E-state index is 0.00702. The van der Waals surface area contributed by atoms with Gasteiger partial charge in [0.05, 0.1) is 10.3 Å². The van der Waals surface area contributed by atoms with Crippen LogP contribution < -0.4 is 0 Å². The van der Waals surface area contributed by atoms with Crippen LogP contribution in [-0.4, -0.2) is 11.0 Å². The van der Waals surface area contributed by atoms with Gasteiger partial charge in [0.15, 0.2) is 5.78 Å². The Kier molecular flexibility index (Phi) is 5.56. The first-order chi connectivity index (χ1) is 9.49. The molecule has 0 spiro atoms. The summed E-state index contributed by atoms with van der Waals surface area (Å²) >= 11 is 16.9. The van der Waals surface area contributed by atoms with Crippen molar-refractivity contribution in [1.82, 2.24) is 0 Å². The molecule has 0 bridgehead atoms. The summed E-state index contributed by atoms with van der Waals surface area (Å²) in [5.41, 5.74) is 0.503. The third kappa shape index (κ3) is 3.79. The molecule has 0 fully saturated rings. The molecule has 0 N–H and O–H groups in total. The maximum absolute atomic E-state index is 12.4. The monoisotopic (exact) mass is 388 g/mol. The van der Waals surface area contributed by atoms with Crippen molar-refractivity contribution in [2.45, 2.75) is 17.1 Å². The topological polar surface area (TPSA) is 17.1 Å². The maximum Gasteiger partial charge on any atom is 0.177 e. The standard InChI is InChI=1S/C15H11BrCl2OS/c1-9(20-14-5-3-2-4-12(14)16)15(19)11-7-6-10(17)8-13(11)18/h2-9H,1H3. The smallest absolute Gasteiger partial charge is 0.177 e. The Labute approximate surface area is 140 Å². The highest BCUT2D eigenvalue weighted by Crippen LogP contribution is 2.33. The van der Waals surface area contributed by atoms with E-state index in [0.717, 1.165) is 9.37 Å². The molecular weight excluding hydrogens is 379 g/mol. The number of hydrogen-bond acceptors (Lipinski definition) is 2. The summed E-state index contributed by atoms with van der Waals surface area (Å²) in [5, 5.41) is 0.687. The molecule has 1 nitrogen and oxygen atoms in total. The number of ketones is 1. The fourth-order valence-corrected chi connectivity index (χ4v) is 3.71. The van der Waals surface area contributed by atoms with Crippen LogP contribution in [0.2, 0.25) is 10.0 Å². The van der Waals surface area contributed by atoms with Gasteiger partial charge < -0.3 is 0 Å². The second-order valence-electron chi connectivity index (χ2n) is 4.18. The molecule has 0 heterocycles. The summed E-state index contributed by atoms with van der Waals surface area (Å²) < 4.78 is 0.979. The molecule has 0 saturated heterocycles. The Bertz CT molecular complexity index is 646. The second-order valence-corrected chi connectivity index (χ2v) is 7.26. The van der Waals surface area contributed by atoms with E-state index >= 15 is 0 Å². The van der Waals surface area contributed by atoms with E-state index in [-0.39, 0.29) is 11.0 Å². The Morgan fingerprint density at radius 3 is 2.55 bits per heavy atom. The van der Waals surface area contributed by atoms with Gasteiger partial charge >= 0.3 is 0 Å². The van der Waals surface area contributed by atoms with E-state index in [1.807, 2.05) is 31.2 Å². The quantitative estimate of drug-likeness (QED) is 0.462. The number of benzene rings is 2. The molecule has 1 atom stereocenters. The van der Waals surface area contributed by atoms with Gasteiger partial charge in [0.2, 0.25) is 0 Å². The van der Waals surface area contributed by atoms with Gasteiger partial charge in [0.1, 0.15) is 0 Å². The van der Waals surface area contributed by atoms with Crippen molar-refractivity contribution in [3.05, 3.63) is 62.5 Å². The molecule has 0 saturated carbocycles. The average Bonchev–Trinajstić information content (AvgIpc) is 2.40. The molecule has 0 radical (unpaired) electrons. The predicted molar refractivity (Wildman–Crippen MR) is 90.3 cm³/mol. The van der Waals surface area contributed by atoms with Crippen LogP contribution in [0.1, 0.15) is 17.3 Å². The van der Waals surface area contributed by atoms with Crippen molar-refractivity contribution in [2.75, 3.05) is 0 Å². The highest BCUT2D eigenvalue weighted by atomic mass is 79.9. The molecule has 2 aromatic rings. The number of carbonyl (C=O) groups excluding carboxylic acids is 1. The second kappa shape index (κ2) is 6.99. The lowest BCUT2D eigenvalue weighted by Gasteiger charge is -2.12. The van der Waals surface area contributed by atoms with E-state index in [1.165, 1.54) is 11.8 Å². The zero-order chi connectivity index (χ0) is 14.7. The SMILES string of the molecule is CC(Sc1ccccc1Br)C(=O)c1ccc(Cl)cc1Cl. The van der Waals surface area contributed by atoms with Crippen molar-refractivity contribution in [2.24, 2.45) is 0 Å². The summed E-state index contributed by atoms with van der Waals surface area (Å²) in [7, 11) is 0. The number of halogens is 3. The number of thioether (sulfide) groups is 1. The van der Waals surface area contributed by atoms with E-state index in [1.54, 1.807) is 18.2 Å². The van der Waals surface area contributed by atoms with Gasteiger partial charge in [0.25, 0.3) is 0 Å². The Morgan fingerprint density at radius 2 is 1.90 bits per heavy atom. The predicted octanol–water partition coefficient (Wildman–Crippen LogP) is 6.12. The molecule has 5 heteroatoms. The van der Waals surface area contributed by atoms with Gasteiger partial charge in [-0.25, -0.2) is 0 Å². The number of carbonyl (C=O) groups is 1. The van der Waals surface area contributed by atoms with Gasteiger partial charge in [-0.05, 0) is 53.2 Å². The molecule has 2 rings (SSSR count). The maximum atomic E-state index is 12.4. The van der Waals surface area contributed by atoms with E-state index in [4.69, 9.17) is 23.2 Å². The van der Waals surface area contributed by atoms with Gasteiger partial charge in [-0.15, -0.1) is 11.8 Å². The largest absolute Gasteiger partial charge is 0.293 e. The molecule has 20 heavy (non-hydrogen) atoms. The van der Waals surface area contributed by atoms with E-state index in [9.17, 15) is 4.79 Å². The summed E-state index contributed by atoms with van der Waals surface area (Å²) in [6.07, 6.45) is 0. The highest BCUT2D eigenvalue weighted by molar-refractivity contribution is 9.10. The van der Waals surface area contributed by atoms with E-state index < -0.39 is 0 Å². The highest BCUT2D eigenvalue weighted by Gasteiger charge is 2.19. The van der Waals surface area contributed by atoms with Gasteiger partial charge in [-0.2, -0.15) is 0 Å². The fourth-order valence-electron chi connectivity index (χ4n) is 1.69. The number of Topliss-reactive ketones (excluding diaryl/α,β-unsaturated/α-hetero) is 1. The number of rotatable bonds is 4. The third-order valence-electron chi connectivity index (χ3n) is 2.71. The van der Waals surface area contributed by atoms with E-state index in [2.05, 4.69) is 15.9 Å². The fraction of sp³-hybridized carbons (Fsp3) is 0.133. The molecule has 0 aromatic heterocycles. The minimum Gasteiger partial charge on any atom is -0.293 e. The Balaban J connectivity index is 2.19. The lowest BCUT2D eigenvalue weighted by Crippen LogP contribution is -2.14. The van der Waals surface area contributed by atoms with Crippen LogP contribution in [0.25, 0.3) is 0 Å². The zero-order valence-electron chi connectivity index (χ0n) is 10.6. The van der Waals surface area contributed by atoms with Crippen LogP contribution in [0.5, 0.6) is 0 Å². The summed E-state index contributed by atoms with van der Waals surface area (Å²) in [6.45, 7) is 1.87. The van der Waals surface area contributed by atoms with Crippen molar-refractivity contribution >= 4 is 56.7 Å². The first-order valence-corrected chi connectivity index (χ1v) is 8.32. The first kappa shape index (κ1) is 15.9. The molecule has 1 unspecified atom stereocenters. The van der Waals surface area contributed by atoms with Crippen molar-refractivity contribution in [1.29, 1.82) is 0 Å². The van der Waals surface area contributed by atoms with Crippen LogP contribution in [0.4, 0.5) is 0 Å². The molecule has 2 aromatic carbocycles. The van der Waals surface area contributed by atoms with Crippen molar-refractivity contribution in [3.8, 4) is 0 Å². The normalized spacial score (nSPS) is 12.2. The van der Waals surface area contributed by atoms with Crippen LogP contribution in [-0.2, 0) is 0 Å². The van der Waals surface area contributed by atoms with Crippen molar-refractivity contribution in [3.63, 3.8) is 0 Å². The number of hydrogen-bond donors (Lipinski definition) is 0. The first-order valence-electron chi connectivity index (χ1n) is 5.89. The van der Waals surface area contributed by atoms with Gasteiger partial charge in [-0.1, -0.05) is 35.3 Å². The van der Waals surface area contributed by atoms with Gasteiger partial charge in [-0.3, -0.25) is 4.79 Å². The molecule has 0 aliphatic heterocycles. The van der Waals surface area contributed by atoms with E-state index in [0.29, 0.717) is 15.6 Å². The zero-order valence-corrected chi connectivity index (χ0v) is 14.5. The van der Waals surface area contributed by atoms with Crippen LogP contribution >= 0.6 is 50.9 Å². The lowest BCUT2D eigenvalue weighted by atomic mass is 10.1. The summed E-state index contributed by atoms with van der Waals surface area (Å²) in [6, 6.07) is 12.7. The molecule has 104 valence electrons. The molecule has 0 aliphatic rings. The lowest BCUT2D eigenvalue weighted by molar-refractivity contribution is 0.0994. The minimum atomic E-state index is -0.229. The average molecular weight is 390 g/mol. The van der Waals surface area contributed by atoms with Crippen LogP contribution in [0.15, 0.2) is 51.8 Å².